The second-order valence-electron chi connectivity index (χ2n) is 4.12. The van der Waals surface area contributed by atoms with Gasteiger partial charge in [-0.25, -0.2) is 0 Å². The van der Waals surface area contributed by atoms with Gasteiger partial charge < -0.3 is 0 Å². The molecule has 0 bridgehead atoms. The lowest BCUT2D eigenvalue weighted by Gasteiger charge is -2.28. The molecule has 1 heteroatoms. The van der Waals surface area contributed by atoms with E-state index in [1.54, 1.807) is 5.56 Å². The molecule has 76 valence electrons. The van der Waals surface area contributed by atoms with Crippen molar-refractivity contribution in [1.29, 1.82) is 0 Å². The lowest BCUT2D eigenvalue weighted by atomic mass is 9.77. The molecule has 0 N–H and O–H groups in total. The van der Waals surface area contributed by atoms with Crippen LogP contribution in [0.4, 0.5) is 0 Å². The quantitative estimate of drug-likeness (QED) is 0.653. The fourth-order valence-corrected chi connectivity index (χ4v) is 2.27. The molecule has 2 rings (SSSR count). The van der Waals surface area contributed by atoms with Gasteiger partial charge >= 0.3 is 0 Å². The zero-order chi connectivity index (χ0) is 9.80. The van der Waals surface area contributed by atoms with Crippen LogP contribution in [0.3, 0.4) is 0 Å². The average molecular weight is 209 g/mol. The van der Waals surface area contributed by atoms with E-state index in [-0.39, 0.29) is 0 Å². The van der Waals surface area contributed by atoms with E-state index < -0.39 is 0 Å². The highest BCUT2D eigenvalue weighted by Gasteiger charge is 2.21. The van der Waals surface area contributed by atoms with Gasteiger partial charge in [-0.2, -0.15) is 0 Å². The minimum atomic E-state index is 0.777. The second-order valence-corrected chi connectivity index (χ2v) is 4.50. The van der Waals surface area contributed by atoms with Gasteiger partial charge in [0.25, 0.3) is 0 Å². The van der Waals surface area contributed by atoms with Gasteiger partial charge in [-0.05, 0) is 42.7 Å². The monoisotopic (exact) mass is 208 g/mol. The number of hydrogen-bond acceptors (Lipinski definition) is 0. The summed E-state index contributed by atoms with van der Waals surface area (Å²) in [5.74, 6) is 1.63. The lowest BCUT2D eigenvalue weighted by molar-refractivity contribution is 0.417. The van der Waals surface area contributed by atoms with E-state index >= 15 is 0 Å². The largest absolute Gasteiger partial charge is 0.127 e. The Morgan fingerprint density at radius 3 is 2.64 bits per heavy atom. The Kier molecular flexibility index (Phi) is 3.47. The zero-order valence-electron chi connectivity index (χ0n) is 8.51. The highest BCUT2D eigenvalue weighted by molar-refractivity contribution is 6.17. The van der Waals surface area contributed by atoms with Crippen LogP contribution in [0.15, 0.2) is 24.3 Å². The molecular weight excluding hydrogens is 192 g/mol. The van der Waals surface area contributed by atoms with E-state index in [1.165, 1.54) is 24.8 Å². The Labute approximate surface area is 91.3 Å². The number of benzene rings is 1. The lowest BCUT2D eigenvalue weighted by Crippen LogP contribution is -2.11. The van der Waals surface area contributed by atoms with Gasteiger partial charge in [-0.1, -0.05) is 30.7 Å². The maximum atomic E-state index is 5.73. The topological polar surface area (TPSA) is 0 Å². The molecule has 1 aliphatic rings. The van der Waals surface area contributed by atoms with Crippen molar-refractivity contribution >= 4 is 11.6 Å². The highest BCUT2D eigenvalue weighted by atomic mass is 35.5. The number of alkyl halides is 1. The SMILES string of the molecule is ClCCCc1ccccc1C1CCC1. The fourth-order valence-electron chi connectivity index (χ4n) is 2.14. The second kappa shape index (κ2) is 4.84. The molecule has 0 atom stereocenters. The van der Waals surface area contributed by atoms with Crippen molar-refractivity contribution in [2.45, 2.75) is 38.0 Å². The Morgan fingerprint density at radius 1 is 1.21 bits per heavy atom. The minimum Gasteiger partial charge on any atom is -0.127 e. The summed E-state index contributed by atoms with van der Waals surface area (Å²) in [5, 5.41) is 0. The molecule has 14 heavy (non-hydrogen) atoms. The van der Waals surface area contributed by atoms with E-state index in [9.17, 15) is 0 Å². The maximum Gasteiger partial charge on any atom is 0.0226 e. The molecule has 0 spiro atoms. The Bertz CT molecular complexity index is 289. The molecule has 1 aromatic carbocycles. The predicted octanol–water partition coefficient (Wildman–Crippen LogP) is 4.13. The van der Waals surface area contributed by atoms with Crippen LogP contribution in [0, 0.1) is 0 Å². The van der Waals surface area contributed by atoms with Crippen molar-refractivity contribution in [3.05, 3.63) is 35.4 Å². The van der Waals surface area contributed by atoms with Gasteiger partial charge in [0, 0.05) is 5.88 Å². The molecule has 0 heterocycles. The standard InChI is InChI=1S/C13H17Cl/c14-10-4-8-11-5-1-2-9-13(11)12-6-3-7-12/h1-2,5,9,12H,3-4,6-8,10H2. The summed E-state index contributed by atoms with van der Waals surface area (Å²) in [6.07, 6.45) is 6.44. The maximum absolute atomic E-state index is 5.73. The molecule has 0 aromatic heterocycles. The molecule has 0 saturated heterocycles. The van der Waals surface area contributed by atoms with Crippen LogP contribution in [0.1, 0.15) is 42.7 Å². The molecular formula is C13H17Cl. The van der Waals surface area contributed by atoms with Crippen LogP contribution in [-0.2, 0) is 6.42 Å². The third kappa shape index (κ3) is 2.12. The summed E-state index contributed by atoms with van der Waals surface area (Å²) in [6, 6.07) is 8.87. The summed E-state index contributed by atoms with van der Waals surface area (Å²) in [5.41, 5.74) is 3.11. The Balaban J connectivity index is 2.11. The number of hydrogen-bond donors (Lipinski definition) is 0. The molecule has 0 unspecified atom stereocenters. The van der Waals surface area contributed by atoms with Crippen LogP contribution < -0.4 is 0 Å². The number of halogens is 1. The van der Waals surface area contributed by atoms with Crippen molar-refractivity contribution in [3.8, 4) is 0 Å². The first-order chi connectivity index (χ1) is 6.92. The molecule has 1 saturated carbocycles. The van der Waals surface area contributed by atoms with Gasteiger partial charge in [0.05, 0.1) is 0 Å². The fraction of sp³-hybridized carbons (Fsp3) is 0.538. The van der Waals surface area contributed by atoms with Crippen LogP contribution in [-0.4, -0.2) is 5.88 Å². The first kappa shape index (κ1) is 10.0. The predicted molar refractivity (Wildman–Crippen MR) is 62.1 cm³/mol. The van der Waals surface area contributed by atoms with E-state index in [4.69, 9.17) is 11.6 Å². The molecule has 0 aliphatic heterocycles. The smallest absolute Gasteiger partial charge is 0.0226 e. The summed E-state index contributed by atoms with van der Waals surface area (Å²) in [6.45, 7) is 0. The number of rotatable bonds is 4. The van der Waals surface area contributed by atoms with Crippen molar-refractivity contribution in [1.82, 2.24) is 0 Å². The van der Waals surface area contributed by atoms with Crippen LogP contribution in [0.5, 0.6) is 0 Å². The first-order valence-electron chi connectivity index (χ1n) is 5.55. The summed E-state index contributed by atoms with van der Waals surface area (Å²) in [4.78, 5) is 0. The van der Waals surface area contributed by atoms with Crippen molar-refractivity contribution in [2.75, 3.05) is 5.88 Å². The third-order valence-corrected chi connectivity index (χ3v) is 3.45. The van der Waals surface area contributed by atoms with Crippen LogP contribution in [0.25, 0.3) is 0 Å². The van der Waals surface area contributed by atoms with E-state index in [0.717, 1.165) is 24.6 Å². The van der Waals surface area contributed by atoms with Gasteiger partial charge in [0.1, 0.15) is 0 Å². The Hall–Kier alpha value is -0.490. The van der Waals surface area contributed by atoms with E-state index in [2.05, 4.69) is 24.3 Å². The van der Waals surface area contributed by atoms with Gasteiger partial charge in [0.2, 0.25) is 0 Å². The van der Waals surface area contributed by atoms with Gasteiger partial charge in [0.15, 0.2) is 0 Å². The molecule has 0 radical (unpaired) electrons. The highest BCUT2D eigenvalue weighted by Crippen LogP contribution is 2.38. The van der Waals surface area contributed by atoms with Crippen LogP contribution in [0.2, 0.25) is 0 Å². The van der Waals surface area contributed by atoms with E-state index in [0.29, 0.717) is 0 Å². The minimum absolute atomic E-state index is 0.777. The first-order valence-corrected chi connectivity index (χ1v) is 6.09. The summed E-state index contributed by atoms with van der Waals surface area (Å²) >= 11 is 5.73. The van der Waals surface area contributed by atoms with Gasteiger partial charge in [-0.3, -0.25) is 0 Å². The third-order valence-electron chi connectivity index (χ3n) is 3.18. The molecule has 0 amide bonds. The normalized spacial score (nSPS) is 16.6. The van der Waals surface area contributed by atoms with Crippen molar-refractivity contribution < 1.29 is 0 Å². The van der Waals surface area contributed by atoms with Crippen molar-refractivity contribution in [3.63, 3.8) is 0 Å². The number of aryl methyl sites for hydroxylation is 1. The van der Waals surface area contributed by atoms with Crippen LogP contribution >= 0.6 is 11.6 Å². The summed E-state index contributed by atoms with van der Waals surface area (Å²) < 4.78 is 0. The average Bonchev–Trinajstić information content (AvgIpc) is 2.14. The summed E-state index contributed by atoms with van der Waals surface area (Å²) in [7, 11) is 0. The molecule has 1 fully saturated rings. The van der Waals surface area contributed by atoms with E-state index in [1.807, 2.05) is 0 Å². The van der Waals surface area contributed by atoms with Crippen molar-refractivity contribution in [2.24, 2.45) is 0 Å². The van der Waals surface area contributed by atoms with Gasteiger partial charge in [-0.15, -0.1) is 11.6 Å². The molecule has 0 nitrogen and oxygen atoms in total. The Morgan fingerprint density at radius 2 is 2.00 bits per heavy atom. The zero-order valence-corrected chi connectivity index (χ0v) is 9.26. The molecule has 1 aromatic rings. The molecule has 1 aliphatic carbocycles.